The van der Waals surface area contributed by atoms with E-state index in [4.69, 9.17) is 4.42 Å². The van der Waals surface area contributed by atoms with Crippen molar-refractivity contribution >= 4 is 17.1 Å². The van der Waals surface area contributed by atoms with Crippen molar-refractivity contribution in [2.75, 3.05) is 6.67 Å². The van der Waals surface area contributed by atoms with Crippen LogP contribution in [0.15, 0.2) is 82.4 Å². The molecule has 0 saturated heterocycles. The first-order chi connectivity index (χ1) is 18.9. The van der Waals surface area contributed by atoms with Gasteiger partial charge in [-0.2, -0.15) is 5.10 Å². The molecule has 1 aliphatic carbocycles. The third-order valence-corrected chi connectivity index (χ3v) is 7.57. The lowest BCUT2D eigenvalue weighted by Gasteiger charge is -2.42. The second-order valence-corrected chi connectivity index (χ2v) is 9.95. The summed E-state index contributed by atoms with van der Waals surface area (Å²) in [5.41, 5.74) is 3.93. The van der Waals surface area contributed by atoms with Gasteiger partial charge >= 0.3 is 6.09 Å². The third-order valence-electron chi connectivity index (χ3n) is 7.57. The van der Waals surface area contributed by atoms with E-state index in [2.05, 4.69) is 10.4 Å². The molecule has 2 aromatic carbocycles. The van der Waals surface area contributed by atoms with E-state index in [0.717, 1.165) is 41.5 Å². The van der Waals surface area contributed by atoms with E-state index in [1.165, 1.54) is 4.57 Å². The summed E-state index contributed by atoms with van der Waals surface area (Å²) < 4.78 is 23.1. The summed E-state index contributed by atoms with van der Waals surface area (Å²) in [5, 5.41) is 16.7. The van der Waals surface area contributed by atoms with Crippen LogP contribution in [0.4, 0.5) is 9.18 Å². The molecule has 1 aliphatic rings. The Balaban J connectivity index is 1.60. The number of furan rings is 1. The van der Waals surface area contributed by atoms with Crippen molar-refractivity contribution in [2.45, 2.75) is 31.3 Å². The zero-order chi connectivity index (χ0) is 27.1. The zero-order valence-electron chi connectivity index (χ0n) is 21.4. The molecule has 0 spiro atoms. The Morgan fingerprint density at radius 3 is 2.41 bits per heavy atom. The Hall–Kier alpha value is -4.66. The first kappa shape index (κ1) is 24.7. The number of benzene rings is 2. The summed E-state index contributed by atoms with van der Waals surface area (Å²) in [6.07, 6.45) is 6.52. The molecule has 6 rings (SSSR count). The molecule has 2 N–H and O–H groups in total. The predicted molar refractivity (Wildman–Crippen MR) is 146 cm³/mol. The molecule has 0 radical (unpaired) electrons. The molecule has 8 nitrogen and oxygen atoms in total. The number of nitrogens with zero attached hydrogens (tertiary/aromatic N) is 3. The summed E-state index contributed by atoms with van der Waals surface area (Å²) in [6, 6.07) is 17.1. The van der Waals surface area contributed by atoms with Gasteiger partial charge in [-0.25, -0.2) is 9.18 Å². The van der Waals surface area contributed by atoms with E-state index in [1.807, 2.05) is 60.8 Å². The van der Waals surface area contributed by atoms with Crippen LogP contribution in [0.3, 0.4) is 0 Å². The Bertz CT molecular complexity index is 1730. The summed E-state index contributed by atoms with van der Waals surface area (Å²) in [4.78, 5) is 25.2. The lowest BCUT2D eigenvalue weighted by molar-refractivity contribution is 0.144. The minimum atomic E-state index is -1.05. The number of alkyl halides is 1. The van der Waals surface area contributed by atoms with Crippen molar-refractivity contribution in [1.82, 2.24) is 19.7 Å². The predicted octanol–water partition coefficient (Wildman–Crippen LogP) is 5.95. The maximum absolute atomic E-state index is 13.7. The molecule has 0 unspecified atom stereocenters. The number of carbonyl (C=O) groups is 1. The van der Waals surface area contributed by atoms with Gasteiger partial charge in [0.25, 0.3) is 5.56 Å². The molecule has 0 atom stereocenters. The number of hydrogen-bond acceptors (Lipinski definition) is 4. The van der Waals surface area contributed by atoms with Gasteiger partial charge in [0.2, 0.25) is 0 Å². The minimum absolute atomic E-state index is 0.0792. The van der Waals surface area contributed by atoms with Gasteiger partial charge in [-0.3, -0.25) is 9.48 Å². The summed E-state index contributed by atoms with van der Waals surface area (Å²) in [7, 11) is 1.80. The lowest BCUT2D eigenvalue weighted by atomic mass is 9.72. The number of amides is 1. The van der Waals surface area contributed by atoms with Crippen LogP contribution in [0.25, 0.3) is 44.5 Å². The third kappa shape index (κ3) is 4.20. The monoisotopic (exact) mass is 526 g/mol. The number of nitrogens with one attached hydrogen (secondary N) is 1. The Morgan fingerprint density at radius 1 is 1.08 bits per heavy atom. The van der Waals surface area contributed by atoms with Crippen LogP contribution in [0, 0.1) is 0 Å². The average molecular weight is 527 g/mol. The maximum atomic E-state index is 13.7. The molecule has 0 aliphatic heterocycles. The molecule has 3 aromatic heterocycles. The smallest absolute Gasteiger partial charge is 0.405 e. The molecular formula is C30H27FN4O4. The number of aromatic nitrogens is 3. The number of halogens is 1. The van der Waals surface area contributed by atoms with Gasteiger partial charge in [0.1, 0.15) is 18.0 Å². The van der Waals surface area contributed by atoms with Gasteiger partial charge in [0.15, 0.2) is 0 Å². The number of pyridine rings is 1. The van der Waals surface area contributed by atoms with E-state index < -0.39 is 18.3 Å². The molecule has 1 amide bonds. The van der Waals surface area contributed by atoms with Crippen LogP contribution in [-0.2, 0) is 19.1 Å². The van der Waals surface area contributed by atoms with Crippen LogP contribution >= 0.6 is 0 Å². The molecule has 9 heteroatoms. The number of fused-ring (bicyclic) bond motifs is 1. The molecular weight excluding hydrogens is 499 g/mol. The average Bonchev–Trinajstić information content (AvgIpc) is 3.53. The van der Waals surface area contributed by atoms with Gasteiger partial charge in [-0.15, -0.1) is 0 Å². The number of aryl methyl sites for hydroxylation is 2. The van der Waals surface area contributed by atoms with Crippen molar-refractivity contribution in [1.29, 1.82) is 0 Å². The van der Waals surface area contributed by atoms with E-state index in [0.29, 0.717) is 27.9 Å². The Kier molecular flexibility index (Phi) is 6.06. The highest BCUT2D eigenvalue weighted by molar-refractivity contribution is 6.06. The second kappa shape index (κ2) is 9.58. The summed E-state index contributed by atoms with van der Waals surface area (Å²) in [5.74, 6) is 0.511. The van der Waals surface area contributed by atoms with E-state index in [1.54, 1.807) is 24.1 Å². The number of hydrogen-bond donors (Lipinski definition) is 2. The molecule has 1 fully saturated rings. The van der Waals surface area contributed by atoms with Crippen molar-refractivity contribution in [3.63, 3.8) is 0 Å². The van der Waals surface area contributed by atoms with Crippen molar-refractivity contribution in [3.8, 4) is 33.6 Å². The fourth-order valence-corrected chi connectivity index (χ4v) is 5.51. The Labute approximate surface area is 223 Å². The normalized spacial score (nSPS) is 14.3. The van der Waals surface area contributed by atoms with Gasteiger partial charge in [0, 0.05) is 41.7 Å². The quantitative estimate of drug-likeness (QED) is 0.273. The lowest BCUT2D eigenvalue weighted by Crippen LogP contribution is -2.50. The van der Waals surface area contributed by atoms with Crippen LogP contribution in [0.5, 0.6) is 0 Å². The molecule has 1 saturated carbocycles. The number of carboxylic acid groups (broad SMARTS) is 1. The molecule has 5 aromatic rings. The van der Waals surface area contributed by atoms with Gasteiger partial charge in [0.05, 0.1) is 23.7 Å². The molecule has 0 bridgehead atoms. The highest BCUT2D eigenvalue weighted by atomic mass is 19.1. The number of rotatable bonds is 7. The van der Waals surface area contributed by atoms with Crippen LogP contribution < -0.4 is 10.9 Å². The fourth-order valence-electron chi connectivity index (χ4n) is 5.51. The zero-order valence-corrected chi connectivity index (χ0v) is 21.4. The fraction of sp³-hybridized carbons (Fsp3) is 0.233. The first-order valence-corrected chi connectivity index (χ1v) is 12.8. The minimum Gasteiger partial charge on any atom is -0.465 e. The highest BCUT2D eigenvalue weighted by Gasteiger charge is 2.40. The Morgan fingerprint density at radius 2 is 1.82 bits per heavy atom. The van der Waals surface area contributed by atoms with E-state index in [9.17, 15) is 19.1 Å². The topological polar surface area (TPSA) is 102 Å². The largest absolute Gasteiger partial charge is 0.465 e. The maximum Gasteiger partial charge on any atom is 0.405 e. The summed E-state index contributed by atoms with van der Waals surface area (Å²) >= 11 is 0. The van der Waals surface area contributed by atoms with Crippen LogP contribution in [0.1, 0.15) is 24.8 Å². The highest BCUT2D eigenvalue weighted by Crippen LogP contribution is 2.45. The molecule has 198 valence electrons. The van der Waals surface area contributed by atoms with Gasteiger partial charge < -0.3 is 19.4 Å². The second-order valence-electron chi connectivity index (χ2n) is 9.95. The van der Waals surface area contributed by atoms with E-state index in [-0.39, 0.29) is 12.1 Å². The van der Waals surface area contributed by atoms with Crippen LogP contribution in [-0.4, -0.2) is 32.2 Å². The first-order valence-electron chi connectivity index (χ1n) is 12.8. The van der Waals surface area contributed by atoms with Gasteiger partial charge in [-0.05, 0) is 30.4 Å². The standard InChI is InChI=1S/C30H27FN4O4/c1-34-17-21(16-32-34)23-18-35(15-14-31)28(36)25-24(19-6-3-2-4-7-19)26(39-27(23)25)20-8-10-22(11-9-20)30(12-5-13-30)33-29(37)38/h2-4,6-11,16-18,33H,5,12-15H2,1H3,(H,37,38). The van der Waals surface area contributed by atoms with Crippen molar-refractivity contribution in [2.24, 2.45) is 7.05 Å². The van der Waals surface area contributed by atoms with E-state index >= 15 is 0 Å². The molecule has 3 heterocycles. The van der Waals surface area contributed by atoms with Gasteiger partial charge in [-0.1, -0.05) is 54.6 Å². The molecule has 39 heavy (non-hydrogen) atoms. The van der Waals surface area contributed by atoms with Crippen molar-refractivity contribution in [3.05, 3.63) is 89.1 Å². The van der Waals surface area contributed by atoms with Crippen molar-refractivity contribution < 1.29 is 18.7 Å². The summed E-state index contributed by atoms with van der Waals surface area (Å²) in [6.45, 7) is -0.763. The van der Waals surface area contributed by atoms with Crippen LogP contribution in [0.2, 0.25) is 0 Å². The SMILES string of the molecule is Cn1cc(-c2cn(CCF)c(=O)c3c(-c4ccccc4)c(-c4ccc(C5(NC(=O)O)CCC5)cc4)oc23)cn1.